The number of amides is 2. The average molecular weight is 473 g/mol. The number of likely N-dealkylation sites (N-methyl/N-ethyl adjacent to an activating group) is 1. The monoisotopic (exact) mass is 473 g/mol. The van der Waals surface area contributed by atoms with Crippen LogP contribution in [0.3, 0.4) is 0 Å². The van der Waals surface area contributed by atoms with Crippen LogP contribution in [0.5, 0.6) is 5.75 Å². The maximum atomic E-state index is 12.9. The Morgan fingerprint density at radius 2 is 1.61 bits per heavy atom. The molecular weight excluding hydrogens is 443 g/mol. The first-order chi connectivity index (χ1) is 15.4. The number of rotatable bonds is 5. The van der Waals surface area contributed by atoms with Crippen molar-refractivity contribution in [1.29, 1.82) is 0 Å². The highest BCUT2D eigenvalue weighted by molar-refractivity contribution is 5.89. The third kappa shape index (κ3) is 7.08. The lowest BCUT2D eigenvalue weighted by Crippen LogP contribution is -2.46. The van der Waals surface area contributed by atoms with Gasteiger partial charge in [0.25, 0.3) is 0 Å². The second-order valence-electron chi connectivity index (χ2n) is 8.47. The summed E-state index contributed by atoms with van der Waals surface area (Å²) < 4.78 is 36.9. The molecule has 0 saturated carbocycles. The van der Waals surface area contributed by atoms with Gasteiger partial charge in [-0.25, -0.2) is 4.79 Å². The maximum absolute atomic E-state index is 12.9. The predicted octanol–water partition coefficient (Wildman–Crippen LogP) is 2.23. The molecular formula is C22H30F3N3O5. The molecule has 184 valence electrons. The molecule has 2 heterocycles. The molecule has 0 radical (unpaired) electrons. The molecule has 2 fully saturated rings. The van der Waals surface area contributed by atoms with Crippen molar-refractivity contribution in [3.8, 4) is 5.75 Å². The second-order valence-corrected chi connectivity index (χ2v) is 8.47. The van der Waals surface area contributed by atoms with Crippen LogP contribution in [0.1, 0.15) is 24.8 Å². The van der Waals surface area contributed by atoms with Gasteiger partial charge >= 0.3 is 12.1 Å². The van der Waals surface area contributed by atoms with Gasteiger partial charge in [-0.1, -0.05) is 12.1 Å². The molecule has 0 aromatic heterocycles. The Hall–Kier alpha value is -2.82. The second kappa shape index (κ2) is 10.9. The van der Waals surface area contributed by atoms with Crippen molar-refractivity contribution >= 4 is 17.8 Å². The van der Waals surface area contributed by atoms with Gasteiger partial charge in [0.1, 0.15) is 5.75 Å². The highest BCUT2D eigenvalue weighted by Crippen LogP contribution is 2.41. The fourth-order valence-corrected chi connectivity index (χ4v) is 3.94. The smallest absolute Gasteiger partial charge is 0.490 e. The first kappa shape index (κ1) is 26.4. The molecule has 2 aliphatic heterocycles. The Morgan fingerprint density at radius 1 is 1.09 bits per heavy atom. The molecule has 0 atom stereocenters. The van der Waals surface area contributed by atoms with Crippen LogP contribution in [0.15, 0.2) is 24.3 Å². The number of benzene rings is 1. The van der Waals surface area contributed by atoms with Gasteiger partial charge in [-0.2, -0.15) is 13.2 Å². The first-order valence-corrected chi connectivity index (χ1v) is 10.5. The van der Waals surface area contributed by atoms with Crippen LogP contribution in [-0.4, -0.2) is 91.2 Å². The quantitative estimate of drug-likeness (QED) is 0.706. The molecule has 11 heteroatoms. The lowest BCUT2D eigenvalue weighted by Gasteiger charge is -2.38. The minimum Gasteiger partial charge on any atom is -0.497 e. The number of carbonyl (C=O) groups excluding carboxylic acids is 2. The summed E-state index contributed by atoms with van der Waals surface area (Å²) in [7, 11) is 5.14. The minimum absolute atomic E-state index is 0.00709. The standard InChI is InChI=1S/C20H29N3O3.C2HF3O2/c1-21(2)18(24)15-23-13-10-20(19(23)25)8-11-22(12-9-20)14-16-4-6-17(26-3)7-5-16;3-2(4,5)1(6)7/h4-7H,8-15H2,1-3H3;(H,6,7). The molecule has 0 bridgehead atoms. The van der Waals surface area contributed by atoms with E-state index < -0.39 is 12.1 Å². The molecule has 3 rings (SSSR count). The van der Waals surface area contributed by atoms with Crippen molar-refractivity contribution in [3.05, 3.63) is 29.8 Å². The fourth-order valence-electron chi connectivity index (χ4n) is 3.94. The van der Waals surface area contributed by atoms with Crippen molar-refractivity contribution < 1.29 is 37.4 Å². The molecule has 1 aromatic rings. The summed E-state index contributed by atoms with van der Waals surface area (Å²) >= 11 is 0. The molecule has 1 spiro atoms. The molecule has 33 heavy (non-hydrogen) atoms. The van der Waals surface area contributed by atoms with Crippen molar-refractivity contribution in [1.82, 2.24) is 14.7 Å². The molecule has 2 amide bonds. The molecule has 8 nitrogen and oxygen atoms in total. The van der Waals surface area contributed by atoms with Crippen LogP contribution in [-0.2, 0) is 20.9 Å². The van der Waals surface area contributed by atoms with E-state index in [1.54, 1.807) is 31.0 Å². The number of hydrogen-bond acceptors (Lipinski definition) is 5. The number of carbonyl (C=O) groups is 3. The van der Waals surface area contributed by atoms with E-state index >= 15 is 0 Å². The van der Waals surface area contributed by atoms with Crippen LogP contribution in [0.2, 0.25) is 0 Å². The summed E-state index contributed by atoms with van der Waals surface area (Å²) in [5, 5.41) is 7.12. The Balaban J connectivity index is 0.000000479. The third-order valence-corrected chi connectivity index (χ3v) is 6.05. The predicted molar refractivity (Wildman–Crippen MR) is 114 cm³/mol. The number of carboxylic acid groups (broad SMARTS) is 1. The largest absolute Gasteiger partial charge is 0.497 e. The van der Waals surface area contributed by atoms with E-state index in [0.29, 0.717) is 6.54 Å². The zero-order valence-corrected chi connectivity index (χ0v) is 19.0. The Bertz CT molecular complexity index is 835. The summed E-state index contributed by atoms with van der Waals surface area (Å²) in [6, 6.07) is 8.17. The lowest BCUT2D eigenvalue weighted by molar-refractivity contribution is -0.192. The maximum Gasteiger partial charge on any atom is 0.490 e. The number of methoxy groups -OCH3 is 1. The Kier molecular flexibility index (Phi) is 8.70. The van der Waals surface area contributed by atoms with Gasteiger partial charge in [0.15, 0.2) is 0 Å². The normalized spacial score (nSPS) is 18.0. The number of aliphatic carboxylic acids is 1. The minimum atomic E-state index is -5.08. The number of halogens is 3. The SMILES string of the molecule is COc1ccc(CN2CCC3(CC2)CCN(CC(=O)N(C)C)C3=O)cc1.O=C(O)C(F)(F)F. The van der Waals surface area contributed by atoms with E-state index in [4.69, 9.17) is 14.6 Å². The van der Waals surface area contributed by atoms with E-state index in [1.807, 2.05) is 12.1 Å². The number of hydrogen-bond donors (Lipinski definition) is 1. The van der Waals surface area contributed by atoms with Crippen LogP contribution < -0.4 is 4.74 Å². The van der Waals surface area contributed by atoms with E-state index in [-0.39, 0.29) is 23.8 Å². The molecule has 2 aliphatic rings. The van der Waals surface area contributed by atoms with Crippen molar-refractivity contribution in [2.75, 3.05) is 47.4 Å². The van der Waals surface area contributed by atoms with Gasteiger partial charge in [-0.3, -0.25) is 14.5 Å². The van der Waals surface area contributed by atoms with Crippen LogP contribution in [0.4, 0.5) is 13.2 Å². The van der Waals surface area contributed by atoms with Gasteiger partial charge < -0.3 is 19.6 Å². The lowest BCUT2D eigenvalue weighted by atomic mass is 9.77. The van der Waals surface area contributed by atoms with E-state index in [2.05, 4.69) is 17.0 Å². The summed E-state index contributed by atoms with van der Waals surface area (Å²) in [4.78, 5) is 39.4. The molecule has 0 unspecified atom stereocenters. The van der Waals surface area contributed by atoms with Crippen LogP contribution in [0.25, 0.3) is 0 Å². The van der Waals surface area contributed by atoms with Crippen molar-refractivity contribution in [2.24, 2.45) is 5.41 Å². The van der Waals surface area contributed by atoms with Crippen molar-refractivity contribution in [2.45, 2.75) is 32.0 Å². The van der Waals surface area contributed by atoms with Gasteiger partial charge in [0, 0.05) is 27.2 Å². The number of carboxylic acids is 1. The summed E-state index contributed by atoms with van der Waals surface area (Å²) in [5.74, 6) is -1.72. The molecule has 1 aromatic carbocycles. The number of piperidine rings is 1. The number of likely N-dealkylation sites (tertiary alicyclic amines) is 2. The summed E-state index contributed by atoms with van der Waals surface area (Å²) in [5.41, 5.74) is 1.01. The van der Waals surface area contributed by atoms with Gasteiger partial charge in [0.05, 0.1) is 19.1 Å². The number of alkyl halides is 3. The number of nitrogens with zero attached hydrogens (tertiary/aromatic N) is 3. The summed E-state index contributed by atoms with van der Waals surface area (Å²) in [6.45, 7) is 3.66. The zero-order chi connectivity index (χ0) is 24.8. The highest BCUT2D eigenvalue weighted by atomic mass is 19.4. The van der Waals surface area contributed by atoms with Gasteiger partial charge in [-0.05, 0) is 50.0 Å². The van der Waals surface area contributed by atoms with Gasteiger partial charge in [-0.15, -0.1) is 0 Å². The van der Waals surface area contributed by atoms with Crippen LogP contribution >= 0.6 is 0 Å². The van der Waals surface area contributed by atoms with Crippen LogP contribution in [0, 0.1) is 5.41 Å². The molecule has 2 saturated heterocycles. The topological polar surface area (TPSA) is 90.4 Å². The fraction of sp³-hybridized carbons (Fsp3) is 0.591. The average Bonchev–Trinajstić information content (AvgIpc) is 3.05. The summed E-state index contributed by atoms with van der Waals surface area (Å²) in [6.07, 6.45) is -2.44. The molecule has 1 N–H and O–H groups in total. The van der Waals surface area contributed by atoms with E-state index in [0.717, 1.165) is 44.6 Å². The first-order valence-electron chi connectivity index (χ1n) is 10.5. The highest BCUT2D eigenvalue weighted by Gasteiger charge is 2.48. The third-order valence-electron chi connectivity index (χ3n) is 6.05. The number of ether oxygens (including phenoxy) is 1. The Morgan fingerprint density at radius 3 is 2.06 bits per heavy atom. The van der Waals surface area contributed by atoms with Crippen molar-refractivity contribution in [3.63, 3.8) is 0 Å². The Labute approximate surface area is 190 Å². The van der Waals surface area contributed by atoms with E-state index in [9.17, 15) is 22.8 Å². The molecule has 0 aliphatic carbocycles. The van der Waals surface area contributed by atoms with Gasteiger partial charge in [0.2, 0.25) is 11.8 Å². The van der Waals surface area contributed by atoms with E-state index in [1.165, 1.54) is 5.56 Å². The zero-order valence-electron chi connectivity index (χ0n) is 19.0.